The molecule has 0 aromatic heterocycles. The van der Waals surface area contributed by atoms with Gasteiger partial charge in [-0.2, -0.15) is 0 Å². The van der Waals surface area contributed by atoms with Crippen molar-refractivity contribution in [1.82, 2.24) is 10.6 Å². The highest BCUT2D eigenvalue weighted by Gasteiger charge is 1.94. The lowest BCUT2D eigenvalue weighted by atomic mass is 10.1. The van der Waals surface area contributed by atoms with Gasteiger partial charge in [0.25, 0.3) is 0 Å². The average Bonchev–Trinajstić information content (AvgIpc) is 2.37. The summed E-state index contributed by atoms with van der Waals surface area (Å²) in [7, 11) is 0. The Labute approximate surface area is 111 Å². The molecule has 0 radical (unpaired) electrons. The fraction of sp³-hybridized carbons (Fsp3) is 0.500. The van der Waals surface area contributed by atoms with E-state index >= 15 is 0 Å². The Kier molecular flexibility index (Phi) is 7.38. The maximum atomic E-state index is 3.87. The first kappa shape index (κ1) is 14.9. The summed E-state index contributed by atoms with van der Waals surface area (Å²) in [6.45, 7) is 12.1. The molecule has 2 heteroatoms. The second-order valence-electron chi connectivity index (χ2n) is 4.84. The lowest BCUT2D eigenvalue weighted by Crippen LogP contribution is -2.22. The summed E-state index contributed by atoms with van der Waals surface area (Å²) in [6, 6.07) is 8.80. The van der Waals surface area contributed by atoms with E-state index in [1.54, 1.807) is 0 Å². The standard InChI is InChI=1S/C16H26N2/c1-4-15-7-5-8-16(11-15)13-18-10-6-9-17-12-14(2)3/h5,7-8,11,17-18H,2,4,6,9-10,12-13H2,1,3H3. The van der Waals surface area contributed by atoms with Crippen molar-refractivity contribution < 1.29 is 0 Å². The van der Waals surface area contributed by atoms with E-state index in [0.29, 0.717) is 0 Å². The van der Waals surface area contributed by atoms with Crippen LogP contribution < -0.4 is 10.6 Å². The number of hydrogen-bond donors (Lipinski definition) is 2. The van der Waals surface area contributed by atoms with Crippen molar-refractivity contribution in [3.8, 4) is 0 Å². The Hall–Kier alpha value is -1.12. The predicted molar refractivity (Wildman–Crippen MR) is 79.8 cm³/mol. The van der Waals surface area contributed by atoms with Gasteiger partial charge in [-0.05, 0) is 44.0 Å². The highest BCUT2D eigenvalue weighted by atomic mass is 14.9. The molecule has 1 aromatic carbocycles. The van der Waals surface area contributed by atoms with Crippen LogP contribution in [-0.2, 0) is 13.0 Å². The first-order valence-electron chi connectivity index (χ1n) is 6.86. The molecular weight excluding hydrogens is 220 g/mol. The third kappa shape index (κ3) is 6.58. The Morgan fingerprint density at radius 1 is 1.17 bits per heavy atom. The molecule has 0 bridgehead atoms. The van der Waals surface area contributed by atoms with Crippen LogP contribution in [0.25, 0.3) is 0 Å². The molecule has 0 atom stereocenters. The first-order valence-corrected chi connectivity index (χ1v) is 6.86. The van der Waals surface area contributed by atoms with Gasteiger partial charge in [0, 0.05) is 13.1 Å². The van der Waals surface area contributed by atoms with Crippen molar-refractivity contribution in [2.75, 3.05) is 19.6 Å². The summed E-state index contributed by atoms with van der Waals surface area (Å²) < 4.78 is 0. The van der Waals surface area contributed by atoms with Crippen molar-refractivity contribution in [3.63, 3.8) is 0 Å². The monoisotopic (exact) mass is 246 g/mol. The number of nitrogens with one attached hydrogen (secondary N) is 2. The zero-order valence-electron chi connectivity index (χ0n) is 11.8. The van der Waals surface area contributed by atoms with Gasteiger partial charge in [-0.1, -0.05) is 43.3 Å². The van der Waals surface area contributed by atoms with Crippen LogP contribution in [0.2, 0.25) is 0 Å². The van der Waals surface area contributed by atoms with Crippen molar-refractivity contribution in [3.05, 3.63) is 47.5 Å². The summed E-state index contributed by atoms with van der Waals surface area (Å²) >= 11 is 0. The van der Waals surface area contributed by atoms with Gasteiger partial charge in [-0.3, -0.25) is 0 Å². The number of rotatable bonds is 9. The Bertz CT molecular complexity index is 358. The van der Waals surface area contributed by atoms with Crippen molar-refractivity contribution in [1.29, 1.82) is 0 Å². The predicted octanol–water partition coefficient (Wildman–Crippen LogP) is 2.89. The molecule has 100 valence electrons. The van der Waals surface area contributed by atoms with Crippen LogP contribution in [0.5, 0.6) is 0 Å². The SMILES string of the molecule is C=C(C)CNCCCNCc1cccc(CC)c1. The summed E-state index contributed by atoms with van der Waals surface area (Å²) in [4.78, 5) is 0. The maximum Gasteiger partial charge on any atom is 0.0205 e. The van der Waals surface area contributed by atoms with E-state index in [1.807, 2.05) is 6.92 Å². The lowest BCUT2D eigenvalue weighted by molar-refractivity contribution is 0.610. The van der Waals surface area contributed by atoms with Gasteiger partial charge < -0.3 is 10.6 Å². The average molecular weight is 246 g/mol. The van der Waals surface area contributed by atoms with Gasteiger partial charge >= 0.3 is 0 Å². The molecule has 0 aliphatic heterocycles. The first-order chi connectivity index (χ1) is 8.72. The lowest BCUT2D eigenvalue weighted by Gasteiger charge is -2.07. The molecule has 0 amide bonds. The zero-order chi connectivity index (χ0) is 13.2. The molecule has 0 fully saturated rings. The van der Waals surface area contributed by atoms with Gasteiger partial charge in [0.1, 0.15) is 0 Å². The molecule has 1 rings (SSSR count). The van der Waals surface area contributed by atoms with E-state index < -0.39 is 0 Å². The fourth-order valence-electron chi connectivity index (χ4n) is 1.83. The van der Waals surface area contributed by atoms with Gasteiger partial charge in [0.2, 0.25) is 0 Å². The molecule has 2 N–H and O–H groups in total. The van der Waals surface area contributed by atoms with Gasteiger partial charge in [0.05, 0.1) is 0 Å². The highest BCUT2D eigenvalue weighted by molar-refractivity contribution is 5.23. The Balaban J connectivity index is 2.08. The fourth-order valence-corrected chi connectivity index (χ4v) is 1.83. The summed E-state index contributed by atoms with van der Waals surface area (Å²) in [5, 5.41) is 6.84. The molecule has 1 aromatic rings. The van der Waals surface area contributed by atoms with Crippen LogP contribution in [0.4, 0.5) is 0 Å². The summed E-state index contributed by atoms with van der Waals surface area (Å²) in [6.07, 6.45) is 2.26. The molecule has 0 heterocycles. The van der Waals surface area contributed by atoms with Crippen molar-refractivity contribution in [2.45, 2.75) is 33.2 Å². The van der Waals surface area contributed by atoms with E-state index in [-0.39, 0.29) is 0 Å². The minimum Gasteiger partial charge on any atom is -0.313 e. The molecule has 18 heavy (non-hydrogen) atoms. The maximum absolute atomic E-state index is 3.87. The number of hydrogen-bond acceptors (Lipinski definition) is 2. The third-order valence-corrected chi connectivity index (χ3v) is 2.86. The normalized spacial score (nSPS) is 10.6. The molecule has 0 aliphatic carbocycles. The molecule has 0 spiro atoms. The second-order valence-corrected chi connectivity index (χ2v) is 4.84. The van der Waals surface area contributed by atoms with Gasteiger partial charge in [-0.15, -0.1) is 0 Å². The van der Waals surface area contributed by atoms with Crippen LogP contribution in [-0.4, -0.2) is 19.6 Å². The topological polar surface area (TPSA) is 24.1 Å². The quantitative estimate of drug-likeness (QED) is 0.517. The minimum atomic E-state index is 0.929. The Morgan fingerprint density at radius 3 is 2.61 bits per heavy atom. The minimum absolute atomic E-state index is 0.929. The summed E-state index contributed by atoms with van der Waals surface area (Å²) in [5.41, 5.74) is 3.99. The molecular formula is C16H26N2. The smallest absolute Gasteiger partial charge is 0.0205 e. The van der Waals surface area contributed by atoms with E-state index in [0.717, 1.165) is 39.0 Å². The largest absolute Gasteiger partial charge is 0.313 e. The van der Waals surface area contributed by atoms with Gasteiger partial charge in [-0.25, -0.2) is 0 Å². The second kappa shape index (κ2) is 8.90. The van der Waals surface area contributed by atoms with E-state index in [1.165, 1.54) is 16.7 Å². The molecule has 0 saturated carbocycles. The molecule has 0 unspecified atom stereocenters. The number of benzene rings is 1. The summed E-state index contributed by atoms with van der Waals surface area (Å²) in [5.74, 6) is 0. The zero-order valence-corrected chi connectivity index (χ0v) is 11.8. The van der Waals surface area contributed by atoms with Crippen LogP contribution in [0, 0.1) is 0 Å². The van der Waals surface area contributed by atoms with E-state index in [4.69, 9.17) is 0 Å². The number of aryl methyl sites for hydroxylation is 1. The van der Waals surface area contributed by atoms with Crippen molar-refractivity contribution in [2.24, 2.45) is 0 Å². The van der Waals surface area contributed by atoms with Crippen LogP contribution >= 0.6 is 0 Å². The third-order valence-electron chi connectivity index (χ3n) is 2.86. The van der Waals surface area contributed by atoms with Crippen LogP contribution in [0.15, 0.2) is 36.4 Å². The van der Waals surface area contributed by atoms with Crippen LogP contribution in [0.1, 0.15) is 31.4 Å². The Morgan fingerprint density at radius 2 is 1.89 bits per heavy atom. The van der Waals surface area contributed by atoms with E-state index in [9.17, 15) is 0 Å². The van der Waals surface area contributed by atoms with E-state index in [2.05, 4.69) is 48.4 Å². The molecule has 0 saturated heterocycles. The molecule has 2 nitrogen and oxygen atoms in total. The van der Waals surface area contributed by atoms with Gasteiger partial charge in [0.15, 0.2) is 0 Å². The molecule has 0 aliphatic rings. The van der Waals surface area contributed by atoms with Crippen LogP contribution in [0.3, 0.4) is 0 Å². The van der Waals surface area contributed by atoms with Crippen molar-refractivity contribution >= 4 is 0 Å². The highest BCUT2D eigenvalue weighted by Crippen LogP contribution is 2.05.